The molecule has 0 radical (unpaired) electrons. The second-order valence-electron chi connectivity index (χ2n) is 3.75. The molecule has 0 bridgehead atoms. The smallest absolute Gasteiger partial charge is 0.311 e. The van der Waals surface area contributed by atoms with Gasteiger partial charge >= 0.3 is 5.97 Å². The highest BCUT2D eigenvalue weighted by molar-refractivity contribution is 5.79. The largest absolute Gasteiger partial charge is 0.481 e. The molecule has 1 N–H and O–H groups in total. The summed E-state index contributed by atoms with van der Waals surface area (Å²) in [5.74, 6) is -1.17. The molecule has 3 nitrogen and oxygen atoms in total. The zero-order chi connectivity index (χ0) is 11.4. The van der Waals surface area contributed by atoms with Gasteiger partial charge in [-0.05, 0) is 18.1 Å². The second kappa shape index (κ2) is 4.82. The van der Waals surface area contributed by atoms with Crippen LogP contribution in [0.4, 0.5) is 5.69 Å². The van der Waals surface area contributed by atoms with Crippen molar-refractivity contribution in [3.8, 4) is 0 Å². The summed E-state index contributed by atoms with van der Waals surface area (Å²) in [5, 5.41) is 9.11. The van der Waals surface area contributed by atoms with Crippen molar-refractivity contribution in [3.05, 3.63) is 29.8 Å². The van der Waals surface area contributed by atoms with Crippen LogP contribution in [-0.4, -0.2) is 25.2 Å². The fraction of sp³-hybridized carbons (Fsp3) is 0.417. The number of rotatable bonds is 4. The van der Waals surface area contributed by atoms with Gasteiger partial charge in [0.15, 0.2) is 0 Å². The first-order chi connectivity index (χ1) is 7.07. The van der Waals surface area contributed by atoms with Gasteiger partial charge in [-0.1, -0.05) is 25.1 Å². The topological polar surface area (TPSA) is 40.5 Å². The quantitative estimate of drug-likeness (QED) is 0.823. The molecule has 0 aromatic heterocycles. The van der Waals surface area contributed by atoms with Gasteiger partial charge in [0.2, 0.25) is 0 Å². The molecule has 0 saturated carbocycles. The van der Waals surface area contributed by atoms with Gasteiger partial charge < -0.3 is 10.0 Å². The van der Waals surface area contributed by atoms with E-state index in [-0.39, 0.29) is 0 Å². The van der Waals surface area contributed by atoms with E-state index in [2.05, 4.69) is 0 Å². The highest BCUT2D eigenvalue weighted by atomic mass is 16.4. The first-order valence-electron chi connectivity index (χ1n) is 5.07. The number of hydrogen-bond donors (Lipinski definition) is 1. The molecule has 0 fully saturated rings. The van der Waals surface area contributed by atoms with E-state index in [0.717, 1.165) is 11.3 Å². The summed E-state index contributed by atoms with van der Waals surface area (Å²) < 4.78 is 0. The Balaban J connectivity index is 3.16. The van der Waals surface area contributed by atoms with Gasteiger partial charge in [-0.15, -0.1) is 0 Å². The van der Waals surface area contributed by atoms with Crippen molar-refractivity contribution in [2.45, 2.75) is 19.3 Å². The summed E-state index contributed by atoms with van der Waals surface area (Å²) in [5.41, 5.74) is 1.87. The molecule has 3 heteroatoms. The Bertz CT molecular complexity index is 347. The molecule has 0 spiro atoms. The zero-order valence-corrected chi connectivity index (χ0v) is 9.40. The fourth-order valence-corrected chi connectivity index (χ4v) is 1.72. The Labute approximate surface area is 90.3 Å². The maximum atomic E-state index is 11.1. The third-order valence-electron chi connectivity index (χ3n) is 2.50. The van der Waals surface area contributed by atoms with Crippen LogP contribution in [0.25, 0.3) is 0 Å². The van der Waals surface area contributed by atoms with E-state index in [4.69, 9.17) is 5.11 Å². The average Bonchev–Trinajstić information content (AvgIpc) is 2.18. The number of carboxylic acid groups (broad SMARTS) is 1. The predicted molar refractivity (Wildman–Crippen MR) is 61.4 cm³/mol. The SMILES string of the molecule is CCC(C(=O)O)c1ccccc1N(C)C. The molecule has 1 aromatic carbocycles. The van der Waals surface area contributed by atoms with Crippen LogP contribution in [0, 0.1) is 0 Å². The van der Waals surface area contributed by atoms with Crippen LogP contribution in [0.2, 0.25) is 0 Å². The van der Waals surface area contributed by atoms with Crippen molar-refractivity contribution in [1.29, 1.82) is 0 Å². The molecule has 15 heavy (non-hydrogen) atoms. The minimum atomic E-state index is -0.758. The van der Waals surface area contributed by atoms with E-state index in [1.54, 1.807) is 0 Å². The molecule has 0 aliphatic rings. The van der Waals surface area contributed by atoms with E-state index in [1.165, 1.54) is 0 Å². The Kier molecular flexibility index (Phi) is 3.72. The third kappa shape index (κ3) is 2.49. The highest BCUT2D eigenvalue weighted by Gasteiger charge is 2.20. The Morgan fingerprint density at radius 2 is 2.00 bits per heavy atom. The predicted octanol–water partition coefficient (Wildman–Crippen LogP) is 2.33. The Morgan fingerprint density at radius 1 is 1.40 bits per heavy atom. The molecule has 0 saturated heterocycles. The van der Waals surface area contributed by atoms with Crippen molar-refractivity contribution in [2.24, 2.45) is 0 Å². The monoisotopic (exact) mass is 207 g/mol. The van der Waals surface area contributed by atoms with Gasteiger partial charge in [-0.3, -0.25) is 4.79 Å². The zero-order valence-electron chi connectivity index (χ0n) is 9.40. The van der Waals surface area contributed by atoms with Gasteiger partial charge in [0.25, 0.3) is 0 Å². The first-order valence-corrected chi connectivity index (χ1v) is 5.07. The third-order valence-corrected chi connectivity index (χ3v) is 2.50. The molecular formula is C12H17NO2. The van der Waals surface area contributed by atoms with Crippen LogP contribution in [-0.2, 0) is 4.79 Å². The molecule has 0 amide bonds. The average molecular weight is 207 g/mol. The molecule has 82 valence electrons. The van der Waals surface area contributed by atoms with Crippen LogP contribution in [0.5, 0.6) is 0 Å². The summed E-state index contributed by atoms with van der Waals surface area (Å²) >= 11 is 0. The van der Waals surface area contributed by atoms with Gasteiger partial charge in [-0.25, -0.2) is 0 Å². The lowest BCUT2D eigenvalue weighted by Crippen LogP contribution is -2.17. The van der Waals surface area contributed by atoms with Crippen molar-refractivity contribution >= 4 is 11.7 Å². The van der Waals surface area contributed by atoms with Crippen molar-refractivity contribution < 1.29 is 9.90 Å². The summed E-state index contributed by atoms with van der Waals surface area (Å²) in [6, 6.07) is 7.64. The number of nitrogens with zero attached hydrogens (tertiary/aromatic N) is 1. The van der Waals surface area contributed by atoms with Crippen molar-refractivity contribution in [1.82, 2.24) is 0 Å². The molecule has 1 rings (SSSR count). The summed E-state index contributed by atoms with van der Waals surface area (Å²) in [4.78, 5) is 13.0. The minimum Gasteiger partial charge on any atom is -0.481 e. The van der Waals surface area contributed by atoms with Crippen LogP contribution in [0.1, 0.15) is 24.8 Å². The maximum absolute atomic E-state index is 11.1. The molecule has 0 heterocycles. The molecule has 0 aliphatic carbocycles. The van der Waals surface area contributed by atoms with Crippen molar-refractivity contribution in [3.63, 3.8) is 0 Å². The normalized spacial score (nSPS) is 12.2. The lowest BCUT2D eigenvalue weighted by Gasteiger charge is -2.20. The molecule has 1 aromatic rings. The molecular weight excluding hydrogens is 190 g/mol. The molecule has 1 unspecified atom stereocenters. The second-order valence-corrected chi connectivity index (χ2v) is 3.75. The first kappa shape index (κ1) is 11.6. The van der Waals surface area contributed by atoms with Crippen LogP contribution >= 0.6 is 0 Å². The summed E-state index contributed by atoms with van der Waals surface area (Å²) in [6.45, 7) is 1.89. The van der Waals surface area contributed by atoms with Gasteiger partial charge in [-0.2, -0.15) is 0 Å². The van der Waals surface area contributed by atoms with Gasteiger partial charge in [0.05, 0.1) is 5.92 Å². The molecule has 0 aliphatic heterocycles. The van der Waals surface area contributed by atoms with Crippen LogP contribution in [0.15, 0.2) is 24.3 Å². The van der Waals surface area contributed by atoms with E-state index in [9.17, 15) is 4.79 Å². The van der Waals surface area contributed by atoms with E-state index >= 15 is 0 Å². The Morgan fingerprint density at radius 3 is 2.47 bits per heavy atom. The fourth-order valence-electron chi connectivity index (χ4n) is 1.72. The van der Waals surface area contributed by atoms with E-state index in [0.29, 0.717) is 6.42 Å². The van der Waals surface area contributed by atoms with Crippen LogP contribution in [0.3, 0.4) is 0 Å². The van der Waals surface area contributed by atoms with E-state index in [1.807, 2.05) is 50.2 Å². The number of aliphatic carboxylic acids is 1. The standard InChI is InChI=1S/C12H17NO2/c1-4-9(12(14)15)10-7-5-6-8-11(10)13(2)3/h5-9H,4H2,1-3H3,(H,14,15). The minimum absolute atomic E-state index is 0.413. The lowest BCUT2D eigenvalue weighted by atomic mass is 9.95. The van der Waals surface area contributed by atoms with Gasteiger partial charge in [0.1, 0.15) is 0 Å². The lowest BCUT2D eigenvalue weighted by molar-refractivity contribution is -0.138. The summed E-state index contributed by atoms with van der Waals surface area (Å²) in [6.07, 6.45) is 0.611. The number of anilines is 1. The number of para-hydroxylation sites is 1. The van der Waals surface area contributed by atoms with Crippen molar-refractivity contribution in [2.75, 3.05) is 19.0 Å². The number of benzene rings is 1. The highest BCUT2D eigenvalue weighted by Crippen LogP contribution is 2.28. The molecule has 1 atom stereocenters. The maximum Gasteiger partial charge on any atom is 0.311 e. The number of carboxylic acids is 1. The summed E-state index contributed by atoms with van der Waals surface area (Å²) in [7, 11) is 3.85. The van der Waals surface area contributed by atoms with Gasteiger partial charge in [0, 0.05) is 19.8 Å². The number of carbonyl (C=O) groups is 1. The van der Waals surface area contributed by atoms with Crippen LogP contribution < -0.4 is 4.90 Å². The number of hydrogen-bond acceptors (Lipinski definition) is 2. The van der Waals surface area contributed by atoms with E-state index < -0.39 is 11.9 Å². The Hall–Kier alpha value is -1.51.